The second kappa shape index (κ2) is 17.6. The Labute approximate surface area is 205 Å². The number of hydrogen-bond acceptors (Lipinski definition) is 11. The van der Waals surface area contributed by atoms with Crippen LogP contribution >= 0.6 is 12.6 Å². The van der Waals surface area contributed by atoms with Crippen LogP contribution in [-0.2, 0) is 14.4 Å². The lowest BCUT2D eigenvalue weighted by molar-refractivity contribution is -0.140. The van der Waals surface area contributed by atoms with Gasteiger partial charge < -0.3 is 20.6 Å². The highest BCUT2D eigenvalue weighted by Gasteiger charge is 2.20. The smallest absolute Gasteiger partial charge is 0.317 e. The van der Waals surface area contributed by atoms with E-state index in [1.165, 1.54) is 0 Å². The van der Waals surface area contributed by atoms with Gasteiger partial charge in [0.1, 0.15) is 6.04 Å². The molecule has 1 aliphatic rings. The summed E-state index contributed by atoms with van der Waals surface area (Å²) < 4.78 is 0. The molecule has 0 bridgehead atoms. The number of carbonyl (C=O) groups is 3. The van der Waals surface area contributed by atoms with Crippen molar-refractivity contribution in [2.45, 2.75) is 18.9 Å². The predicted molar refractivity (Wildman–Crippen MR) is 129 cm³/mol. The van der Waals surface area contributed by atoms with Gasteiger partial charge in [0.25, 0.3) is 0 Å². The number of nitrogens with zero attached hydrogens (tertiary/aromatic N) is 5. The summed E-state index contributed by atoms with van der Waals surface area (Å²) in [5.41, 5.74) is 0. The van der Waals surface area contributed by atoms with E-state index in [0.717, 1.165) is 0 Å². The number of nitrogens with one attached hydrogen (secondary N) is 1. The number of hydrogen-bond donors (Lipinski definition) is 5. The molecule has 14 heteroatoms. The van der Waals surface area contributed by atoms with Crippen molar-refractivity contribution in [3.05, 3.63) is 4.91 Å². The molecule has 34 heavy (non-hydrogen) atoms. The van der Waals surface area contributed by atoms with Crippen LogP contribution in [0.15, 0.2) is 5.18 Å². The zero-order valence-corrected chi connectivity index (χ0v) is 20.4. The summed E-state index contributed by atoms with van der Waals surface area (Å²) in [7, 11) is 0. The Morgan fingerprint density at radius 3 is 1.53 bits per heavy atom. The zero-order valence-electron chi connectivity index (χ0n) is 19.5. The number of carboxylic acid groups (broad SMARTS) is 3. The molecule has 4 N–H and O–H groups in total. The summed E-state index contributed by atoms with van der Waals surface area (Å²) in [4.78, 5) is 52.6. The summed E-state index contributed by atoms with van der Waals surface area (Å²) in [6, 6.07) is -0.500. The predicted octanol–water partition coefficient (Wildman–Crippen LogP) is -1.15. The fraction of sp³-hybridized carbons (Fsp3) is 0.850. The Balaban J connectivity index is 2.96. The molecule has 1 heterocycles. The minimum atomic E-state index is -0.971. The maximum Gasteiger partial charge on any atom is 0.317 e. The number of nitroso groups, excluding NO2 is 1. The van der Waals surface area contributed by atoms with Gasteiger partial charge in [0, 0.05) is 51.7 Å². The van der Waals surface area contributed by atoms with Gasteiger partial charge >= 0.3 is 17.9 Å². The van der Waals surface area contributed by atoms with Crippen LogP contribution in [-0.4, -0.2) is 150 Å². The molecule has 1 fully saturated rings. The summed E-state index contributed by atoms with van der Waals surface area (Å²) >= 11 is 4.08. The molecule has 1 aliphatic heterocycles. The van der Waals surface area contributed by atoms with Crippen LogP contribution in [0, 0.1) is 4.91 Å². The maximum atomic E-state index is 11.4. The quantitative estimate of drug-likeness (QED) is 0.123. The molecule has 13 nitrogen and oxygen atoms in total. The molecule has 0 aromatic heterocycles. The van der Waals surface area contributed by atoms with Crippen molar-refractivity contribution < 1.29 is 29.7 Å². The van der Waals surface area contributed by atoms with Crippen molar-refractivity contribution in [3.8, 4) is 0 Å². The van der Waals surface area contributed by atoms with Crippen LogP contribution in [0.4, 0.5) is 0 Å². The number of aliphatic carboxylic acids is 3. The third-order valence-corrected chi connectivity index (χ3v) is 5.77. The molecular formula is C20H38N6O7S. The Hall–Kier alpha value is -1.84. The average molecular weight is 507 g/mol. The van der Waals surface area contributed by atoms with E-state index in [2.05, 4.69) is 23.1 Å². The lowest BCUT2D eigenvalue weighted by Gasteiger charge is -2.31. The highest BCUT2D eigenvalue weighted by Crippen LogP contribution is 2.05. The molecule has 0 aliphatic carbocycles. The van der Waals surface area contributed by atoms with E-state index in [4.69, 9.17) is 0 Å². The van der Waals surface area contributed by atoms with Crippen LogP contribution < -0.4 is 5.32 Å². The van der Waals surface area contributed by atoms with Crippen molar-refractivity contribution in [3.63, 3.8) is 0 Å². The Bertz CT molecular complexity index is 645. The summed E-state index contributed by atoms with van der Waals surface area (Å²) in [6.07, 6.45) is 1.26. The molecule has 0 spiro atoms. The van der Waals surface area contributed by atoms with Crippen molar-refractivity contribution in [2.24, 2.45) is 5.18 Å². The molecular weight excluding hydrogens is 468 g/mol. The van der Waals surface area contributed by atoms with Gasteiger partial charge in [-0.3, -0.25) is 34.0 Å². The first-order valence-electron chi connectivity index (χ1n) is 11.4. The Morgan fingerprint density at radius 2 is 1.12 bits per heavy atom. The second-order valence-corrected chi connectivity index (χ2v) is 8.71. The third kappa shape index (κ3) is 14.4. The van der Waals surface area contributed by atoms with E-state index in [1.807, 2.05) is 9.80 Å². The van der Waals surface area contributed by atoms with Crippen LogP contribution in [0.3, 0.4) is 0 Å². The fourth-order valence-electron chi connectivity index (χ4n) is 3.94. The van der Waals surface area contributed by atoms with Gasteiger partial charge in [0.15, 0.2) is 0 Å². The normalized spacial score (nSPS) is 19.8. The molecule has 0 aromatic carbocycles. The van der Waals surface area contributed by atoms with Crippen LogP contribution in [0.2, 0.25) is 0 Å². The van der Waals surface area contributed by atoms with Gasteiger partial charge in [0.2, 0.25) is 0 Å². The van der Waals surface area contributed by atoms with Gasteiger partial charge in [-0.15, -0.1) is 0 Å². The van der Waals surface area contributed by atoms with Crippen LogP contribution in [0.5, 0.6) is 0 Å². The molecule has 0 aromatic rings. The molecule has 1 saturated heterocycles. The second-order valence-electron chi connectivity index (χ2n) is 8.39. The molecule has 196 valence electrons. The van der Waals surface area contributed by atoms with Gasteiger partial charge in [-0.25, -0.2) is 0 Å². The summed E-state index contributed by atoms with van der Waals surface area (Å²) in [5.74, 6) is -2.45. The lowest BCUT2D eigenvalue weighted by atomic mass is 10.2. The first-order chi connectivity index (χ1) is 16.2. The third-order valence-electron chi connectivity index (χ3n) is 5.55. The van der Waals surface area contributed by atoms with E-state index in [9.17, 15) is 34.6 Å². The van der Waals surface area contributed by atoms with E-state index in [-0.39, 0.29) is 19.6 Å². The van der Waals surface area contributed by atoms with E-state index < -0.39 is 23.9 Å². The SMILES string of the molecule is O=NC(CNCS)CN1CCCN(CC(=O)O)CCCN(CC(=O)O)CCN(CC(=O)O)CC1. The van der Waals surface area contributed by atoms with Gasteiger partial charge in [0.05, 0.1) is 19.6 Å². The van der Waals surface area contributed by atoms with Crippen molar-refractivity contribution >= 4 is 30.5 Å². The molecule has 1 rings (SSSR count). The first-order valence-corrected chi connectivity index (χ1v) is 12.1. The molecule has 1 unspecified atom stereocenters. The standard InChI is InChI=1S/C20H38N6O7S/c27-18(28)13-23-3-1-5-24(12-17(22-33)11-21-16-34)7-9-26(15-20(31)32)10-8-25(6-2-4-23)14-19(29)30/h17,21,34H,1-16H2,(H,27,28)(H,29,30)(H,31,32). The minimum Gasteiger partial charge on any atom is -0.480 e. The topological polar surface area (TPSA) is 166 Å². The maximum absolute atomic E-state index is 11.4. The largest absolute Gasteiger partial charge is 0.480 e. The highest BCUT2D eigenvalue weighted by atomic mass is 32.1. The highest BCUT2D eigenvalue weighted by molar-refractivity contribution is 7.80. The number of rotatable bonds is 12. The first kappa shape index (κ1) is 30.2. The van der Waals surface area contributed by atoms with Gasteiger partial charge in [-0.05, 0) is 32.5 Å². The number of thiol groups is 1. The molecule has 1 atom stereocenters. The van der Waals surface area contributed by atoms with E-state index in [1.54, 1.807) is 9.80 Å². The number of carboxylic acids is 3. The summed E-state index contributed by atoms with van der Waals surface area (Å²) in [5, 5.41) is 34.0. The van der Waals surface area contributed by atoms with E-state index >= 15 is 0 Å². The van der Waals surface area contributed by atoms with E-state index in [0.29, 0.717) is 84.2 Å². The Kier molecular flexibility index (Phi) is 15.6. The van der Waals surface area contributed by atoms with Gasteiger partial charge in [-0.2, -0.15) is 17.5 Å². The van der Waals surface area contributed by atoms with Gasteiger partial charge in [-0.1, -0.05) is 5.18 Å². The minimum absolute atomic E-state index is 0.101. The van der Waals surface area contributed by atoms with Crippen LogP contribution in [0.1, 0.15) is 12.8 Å². The average Bonchev–Trinajstić information content (AvgIpc) is 2.75. The summed E-state index contributed by atoms with van der Waals surface area (Å²) in [6.45, 7) is 4.12. The van der Waals surface area contributed by atoms with Crippen molar-refractivity contribution in [2.75, 3.05) is 91.0 Å². The lowest BCUT2D eigenvalue weighted by Crippen LogP contribution is -2.46. The van der Waals surface area contributed by atoms with Crippen molar-refractivity contribution in [1.82, 2.24) is 24.9 Å². The fourth-order valence-corrected chi connectivity index (χ4v) is 4.07. The molecule has 0 radical (unpaired) electrons. The van der Waals surface area contributed by atoms with Crippen molar-refractivity contribution in [1.29, 1.82) is 0 Å². The zero-order chi connectivity index (χ0) is 25.3. The molecule has 0 amide bonds. The molecule has 0 saturated carbocycles. The Morgan fingerprint density at radius 1 is 0.735 bits per heavy atom. The monoisotopic (exact) mass is 506 g/mol. The van der Waals surface area contributed by atoms with Crippen LogP contribution in [0.25, 0.3) is 0 Å².